The van der Waals surface area contributed by atoms with Crippen molar-refractivity contribution in [3.63, 3.8) is 0 Å². The van der Waals surface area contributed by atoms with Crippen LogP contribution in [0.2, 0.25) is 0 Å². The zero-order chi connectivity index (χ0) is 12.5. The van der Waals surface area contributed by atoms with E-state index < -0.39 is 0 Å². The van der Waals surface area contributed by atoms with E-state index in [0.717, 1.165) is 17.8 Å². The predicted octanol–water partition coefficient (Wildman–Crippen LogP) is 4.36. The van der Waals surface area contributed by atoms with E-state index in [1.807, 2.05) is 0 Å². The highest BCUT2D eigenvalue weighted by Crippen LogP contribution is 2.43. The molecule has 3 atom stereocenters. The van der Waals surface area contributed by atoms with Crippen molar-refractivity contribution in [2.24, 2.45) is 28.9 Å². The molecule has 2 N–H and O–H groups in total. The lowest BCUT2D eigenvalue weighted by Gasteiger charge is -2.41. The lowest BCUT2D eigenvalue weighted by molar-refractivity contribution is 0.113. The van der Waals surface area contributed by atoms with Crippen LogP contribution >= 0.6 is 0 Å². The molecule has 0 heterocycles. The van der Waals surface area contributed by atoms with Crippen molar-refractivity contribution in [1.82, 2.24) is 0 Å². The van der Waals surface area contributed by atoms with Crippen LogP contribution in [0.5, 0.6) is 0 Å². The number of nitrogens with two attached hydrogens (primary N) is 1. The largest absolute Gasteiger partial charge is 0.327 e. The van der Waals surface area contributed by atoms with Gasteiger partial charge in [0.1, 0.15) is 0 Å². The van der Waals surface area contributed by atoms with Gasteiger partial charge < -0.3 is 5.73 Å². The van der Waals surface area contributed by atoms with Crippen LogP contribution in [0.15, 0.2) is 0 Å². The summed E-state index contributed by atoms with van der Waals surface area (Å²) in [4.78, 5) is 0. The normalized spacial score (nSPS) is 36.4. The van der Waals surface area contributed by atoms with Crippen molar-refractivity contribution in [1.29, 1.82) is 0 Å². The van der Waals surface area contributed by atoms with Crippen molar-refractivity contribution in [3.05, 3.63) is 0 Å². The van der Waals surface area contributed by atoms with E-state index in [0.29, 0.717) is 11.5 Å². The Bertz CT molecular complexity index is 234. The Morgan fingerprint density at radius 3 is 2.24 bits per heavy atom. The van der Waals surface area contributed by atoms with Crippen LogP contribution < -0.4 is 5.73 Å². The molecule has 0 aromatic heterocycles. The van der Waals surface area contributed by atoms with Crippen molar-refractivity contribution in [3.8, 4) is 0 Å². The molecule has 0 saturated heterocycles. The van der Waals surface area contributed by atoms with E-state index in [9.17, 15) is 0 Å². The molecule has 1 nitrogen and oxygen atoms in total. The van der Waals surface area contributed by atoms with Gasteiger partial charge in [0.15, 0.2) is 0 Å². The zero-order valence-corrected chi connectivity index (χ0v) is 12.0. The first kappa shape index (κ1) is 13.4. The molecule has 0 spiro atoms. The van der Waals surface area contributed by atoms with E-state index in [1.165, 1.54) is 51.4 Å². The fourth-order valence-electron chi connectivity index (χ4n) is 4.02. The summed E-state index contributed by atoms with van der Waals surface area (Å²) in [5, 5.41) is 0. The lowest BCUT2D eigenvalue weighted by atomic mass is 9.66. The fraction of sp³-hybridized carbons (Fsp3) is 1.00. The average molecular weight is 237 g/mol. The van der Waals surface area contributed by atoms with Crippen LogP contribution in [0.25, 0.3) is 0 Å². The van der Waals surface area contributed by atoms with Crippen molar-refractivity contribution < 1.29 is 0 Å². The van der Waals surface area contributed by atoms with Crippen molar-refractivity contribution in [2.75, 3.05) is 0 Å². The quantitative estimate of drug-likeness (QED) is 0.759. The third kappa shape index (κ3) is 3.47. The summed E-state index contributed by atoms with van der Waals surface area (Å²) in [6.07, 6.45) is 11.3. The molecule has 3 unspecified atom stereocenters. The Morgan fingerprint density at radius 2 is 1.65 bits per heavy atom. The maximum absolute atomic E-state index is 6.36. The van der Waals surface area contributed by atoms with Gasteiger partial charge in [0.2, 0.25) is 0 Å². The van der Waals surface area contributed by atoms with Gasteiger partial charge >= 0.3 is 0 Å². The summed E-state index contributed by atoms with van der Waals surface area (Å²) < 4.78 is 0. The molecule has 0 aliphatic heterocycles. The topological polar surface area (TPSA) is 26.0 Å². The third-order valence-electron chi connectivity index (χ3n) is 5.38. The van der Waals surface area contributed by atoms with Crippen molar-refractivity contribution in [2.45, 2.75) is 78.2 Å². The van der Waals surface area contributed by atoms with Crippen LogP contribution in [0, 0.1) is 23.2 Å². The highest BCUT2D eigenvalue weighted by atomic mass is 14.7. The zero-order valence-electron chi connectivity index (χ0n) is 12.0. The molecule has 2 saturated carbocycles. The smallest absolute Gasteiger partial charge is 0.00674 e. The van der Waals surface area contributed by atoms with Crippen LogP contribution in [0.1, 0.15) is 72.1 Å². The molecule has 0 aromatic carbocycles. The van der Waals surface area contributed by atoms with Gasteiger partial charge in [-0.05, 0) is 48.9 Å². The predicted molar refractivity (Wildman–Crippen MR) is 74.8 cm³/mol. The Kier molecular flexibility index (Phi) is 4.18. The molecule has 100 valence electrons. The molecule has 2 rings (SSSR count). The highest BCUT2D eigenvalue weighted by molar-refractivity contribution is 4.88. The standard InChI is InChI=1S/C16H31N/c1-16(2,3)14-8-9-15(17)13(11-14)10-12-6-4-5-7-12/h12-15H,4-11,17H2,1-3H3. The van der Waals surface area contributed by atoms with Gasteiger partial charge in [0.05, 0.1) is 0 Å². The number of hydrogen-bond donors (Lipinski definition) is 1. The fourth-order valence-corrected chi connectivity index (χ4v) is 4.02. The molecule has 0 aromatic rings. The van der Waals surface area contributed by atoms with Gasteiger partial charge in [-0.25, -0.2) is 0 Å². The third-order valence-corrected chi connectivity index (χ3v) is 5.38. The van der Waals surface area contributed by atoms with E-state index >= 15 is 0 Å². The molecule has 0 amide bonds. The minimum absolute atomic E-state index is 0.480. The van der Waals surface area contributed by atoms with E-state index in [2.05, 4.69) is 20.8 Å². The molecule has 2 fully saturated rings. The summed E-state index contributed by atoms with van der Waals surface area (Å²) in [6.45, 7) is 7.21. The molecule has 17 heavy (non-hydrogen) atoms. The minimum Gasteiger partial charge on any atom is -0.327 e. The van der Waals surface area contributed by atoms with E-state index in [4.69, 9.17) is 5.73 Å². The van der Waals surface area contributed by atoms with Gasteiger partial charge in [0.25, 0.3) is 0 Å². The Morgan fingerprint density at radius 1 is 1.00 bits per heavy atom. The molecule has 0 radical (unpaired) electrons. The first-order valence-electron chi connectivity index (χ1n) is 7.72. The second-order valence-electron chi connectivity index (χ2n) is 7.69. The Labute approximate surface area is 108 Å². The molecule has 0 bridgehead atoms. The van der Waals surface area contributed by atoms with Crippen LogP contribution in [0.3, 0.4) is 0 Å². The van der Waals surface area contributed by atoms with Gasteiger partial charge in [-0.2, -0.15) is 0 Å². The highest BCUT2D eigenvalue weighted by Gasteiger charge is 2.35. The van der Waals surface area contributed by atoms with Crippen LogP contribution in [-0.4, -0.2) is 6.04 Å². The molecule has 2 aliphatic carbocycles. The second kappa shape index (κ2) is 5.30. The van der Waals surface area contributed by atoms with E-state index in [-0.39, 0.29) is 0 Å². The van der Waals surface area contributed by atoms with Gasteiger partial charge in [-0.1, -0.05) is 46.5 Å². The Balaban J connectivity index is 1.90. The first-order valence-corrected chi connectivity index (χ1v) is 7.72. The Hall–Kier alpha value is -0.0400. The van der Waals surface area contributed by atoms with Crippen molar-refractivity contribution >= 4 is 0 Å². The van der Waals surface area contributed by atoms with Gasteiger partial charge in [0, 0.05) is 6.04 Å². The number of hydrogen-bond acceptors (Lipinski definition) is 1. The van der Waals surface area contributed by atoms with E-state index in [1.54, 1.807) is 0 Å². The maximum Gasteiger partial charge on any atom is 0.00674 e. The molecule has 1 heteroatoms. The molecular formula is C16H31N. The van der Waals surface area contributed by atoms with Gasteiger partial charge in [-0.3, -0.25) is 0 Å². The average Bonchev–Trinajstić information content (AvgIpc) is 2.72. The molecule has 2 aliphatic rings. The summed E-state index contributed by atoms with van der Waals surface area (Å²) >= 11 is 0. The lowest BCUT2D eigenvalue weighted by Crippen LogP contribution is -2.40. The molecular weight excluding hydrogens is 206 g/mol. The first-order chi connectivity index (χ1) is 7.97. The van der Waals surface area contributed by atoms with Crippen LogP contribution in [0.4, 0.5) is 0 Å². The van der Waals surface area contributed by atoms with Crippen LogP contribution in [-0.2, 0) is 0 Å². The van der Waals surface area contributed by atoms with Gasteiger partial charge in [-0.15, -0.1) is 0 Å². The summed E-state index contributed by atoms with van der Waals surface area (Å²) in [7, 11) is 0. The maximum atomic E-state index is 6.36. The summed E-state index contributed by atoms with van der Waals surface area (Å²) in [5.74, 6) is 2.72. The summed E-state index contributed by atoms with van der Waals surface area (Å²) in [5.41, 5.74) is 6.84. The number of rotatable bonds is 2. The minimum atomic E-state index is 0.480. The monoisotopic (exact) mass is 237 g/mol. The second-order valence-corrected chi connectivity index (χ2v) is 7.69. The summed E-state index contributed by atoms with van der Waals surface area (Å²) in [6, 6.07) is 0.495. The SMILES string of the molecule is CC(C)(C)C1CCC(N)C(CC2CCCC2)C1.